The highest BCUT2D eigenvalue weighted by molar-refractivity contribution is 5.67. The number of nitrogens with one attached hydrogen (secondary N) is 1. The molecule has 1 fully saturated rings. The summed E-state index contributed by atoms with van der Waals surface area (Å²) >= 11 is 0. The molecule has 1 saturated heterocycles. The van der Waals surface area contributed by atoms with E-state index in [1.807, 2.05) is 6.92 Å². The number of rotatable bonds is 9. The van der Waals surface area contributed by atoms with E-state index in [4.69, 9.17) is 14.3 Å². The van der Waals surface area contributed by atoms with Crippen LogP contribution in [0.1, 0.15) is 26.2 Å². The Hall–Kier alpha value is -1.75. The molecular formula is C21H34N2O7. The lowest BCUT2D eigenvalue weighted by atomic mass is 9.85. The molecule has 6 atom stereocenters. The molecule has 1 heterocycles. The van der Waals surface area contributed by atoms with Crippen LogP contribution in [-0.2, 0) is 14.3 Å². The van der Waals surface area contributed by atoms with Crippen molar-refractivity contribution in [3.05, 3.63) is 36.5 Å². The van der Waals surface area contributed by atoms with Crippen LogP contribution in [0, 0.1) is 5.92 Å². The third-order valence-electron chi connectivity index (χ3n) is 5.60. The molecule has 2 aliphatic rings. The molecule has 0 aromatic carbocycles. The Bertz CT molecular complexity index is 639. The Morgan fingerprint density at radius 2 is 2.17 bits per heavy atom. The zero-order valence-corrected chi connectivity index (χ0v) is 17.7. The molecular weight excluding hydrogens is 392 g/mol. The smallest absolute Gasteiger partial charge is 0.407 e. The van der Waals surface area contributed by atoms with Crippen LogP contribution in [0.2, 0.25) is 0 Å². The minimum absolute atomic E-state index is 0.00719. The molecule has 0 radical (unpaired) electrons. The predicted molar refractivity (Wildman–Crippen MR) is 110 cm³/mol. The lowest BCUT2D eigenvalue weighted by Crippen LogP contribution is -2.68. The number of aliphatic hydroxyl groups excluding tert-OH is 3. The predicted octanol–water partition coefficient (Wildman–Crippen LogP) is 0.872. The van der Waals surface area contributed by atoms with Crippen molar-refractivity contribution in [2.75, 3.05) is 26.9 Å². The van der Waals surface area contributed by atoms with Gasteiger partial charge in [-0.25, -0.2) is 4.79 Å². The maximum Gasteiger partial charge on any atom is 0.407 e. The standard InChI is InChI=1S/C21H34N2O7/c1-5-10-29-21(27)22-17-19(26)18(25)16(12-24)30-20(17)23(28-4)11-14-6-8-15(9-7-14)13(2)3/h5-6,15-20,24-26H,1-2,7-12H2,3-4H3,(H,22,27)/t15-,16-,17-,18-,19-,20?/m1/s1. The lowest BCUT2D eigenvalue weighted by Gasteiger charge is -2.45. The lowest BCUT2D eigenvalue weighted by molar-refractivity contribution is -0.301. The molecule has 1 aliphatic heterocycles. The zero-order chi connectivity index (χ0) is 22.3. The van der Waals surface area contributed by atoms with Gasteiger partial charge in [-0.15, -0.1) is 0 Å². The fraction of sp³-hybridized carbons (Fsp3) is 0.667. The third kappa shape index (κ3) is 6.13. The summed E-state index contributed by atoms with van der Waals surface area (Å²) in [5.41, 5.74) is 2.29. The van der Waals surface area contributed by atoms with Gasteiger partial charge in [0, 0.05) is 6.54 Å². The number of hydrogen-bond acceptors (Lipinski definition) is 8. The molecule has 1 amide bonds. The van der Waals surface area contributed by atoms with Crippen molar-refractivity contribution in [3.63, 3.8) is 0 Å². The third-order valence-corrected chi connectivity index (χ3v) is 5.60. The van der Waals surface area contributed by atoms with Gasteiger partial charge < -0.3 is 30.1 Å². The van der Waals surface area contributed by atoms with Gasteiger partial charge in [-0.1, -0.05) is 36.5 Å². The van der Waals surface area contributed by atoms with E-state index in [2.05, 4.69) is 24.6 Å². The van der Waals surface area contributed by atoms with E-state index >= 15 is 0 Å². The molecule has 0 bridgehead atoms. The van der Waals surface area contributed by atoms with Crippen molar-refractivity contribution in [3.8, 4) is 0 Å². The summed E-state index contributed by atoms with van der Waals surface area (Å²) in [5.74, 6) is 0.459. The van der Waals surface area contributed by atoms with Crippen molar-refractivity contribution in [1.82, 2.24) is 10.4 Å². The van der Waals surface area contributed by atoms with Gasteiger partial charge in [0.05, 0.1) is 13.7 Å². The molecule has 0 saturated carbocycles. The molecule has 9 heteroatoms. The number of carbonyl (C=O) groups is 1. The van der Waals surface area contributed by atoms with Crippen LogP contribution in [0.4, 0.5) is 4.79 Å². The number of alkyl carbamates (subject to hydrolysis) is 1. The highest BCUT2D eigenvalue weighted by atomic mass is 16.7. The molecule has 4 N–H and O–H groups in total. The van der Waals surface area contributed by atoms with E-state index in [0.717, 1.165) is 30.4 Å². The fourth-order valence-corrected chi connectivity index (χ4v) is 3.75. The van der Waals surface area contributed by atoms with Crippen molar-refractivity contribution in [2.24, 2.45) is 5.92 Å². The molecule has 0 spiro atoms. The van der Waals surface area contributed by atoms with Crippen molar-refractivity contribution in [2.45, 2.75) is 56.8 Å². The minimum Gasteiger partial charge on any atom is -0.445 e. The van der Waals surface area contributed by atoms with Crippen LogP contribution in [0.25, 0.3) is 0 Å². The van der Waals surface area contributed by atoms with Crippen LogP contribution in [0.5, 0.6) is 0 Å². The highest BCUT2D eigenvalue weighted by Gasteiger charge is 2.48. The number of carbonyl (C=O) groups excluding carboxylic acids is 1. The second-order valence-electron chi connectivity index (χ2n) is 7.72. The van der Waals surface area contributed by atoms with E-state index in [0.29, 0.717) is 12.5 Å². The van der Waals surface area contributed by atoms with E-state index < -0.39 is 43.3 Å². The summed E-state index contributed by atoms with van der Waals surface area (Å²) in [6.07, 6.45) is 0.730. The number of aliphatic hydroxyl groups is 3. The van der Waals surface area contributed by atoms with E-state index in [9.17, 15) is 20.1 Å². The number of hydrogen-bond donors (Lipinski definition) is 4. The number of allylic oxidation sites excluding steroid dienone is 2. The summed E-state index contributed by atoms with van der Waals surface area (Å²) < 4.78 is 10.7. The first kappa shape index (κ1) is 24.5. The van der Waals surface area contributed by atoms with Gasteiger partial charge in [-0.3, -0.25) is 4.84 Å². The number of hydroxylamine groups is 2. The van der Waals surface area contributed by atoms with Gasteiger partial charge in [0.15, 0.2) is 6.23 Å². The number of ether oxygens (including phenoxy) is 2. The van der Waals surface area contributed by atoms with Crippen molar-refractivity contribution < 1.29 is 34.4 Å². The molecule has 2 rings (SSSR count). The molecule has 0 aromatic heterocycles. The Morgan fingerprint density at radius 3 is 2.70 bits per heavy atom. The first-order valence-electron chi connectivity index (χ1n) is 10.1. The van der Waals surface area contributed by atoms with Gasteiger partial charge in [0.1, 0.15) is 31.0 Å². The van der Waals surface area contributed by atoms with Crippen molar-refractivity contribution in [1.29, 1.82) is 0 Å². The Balaban J connectivity index is 2.16. The molecule has 1 unspecified atom stereocenters. The van der Waals surface area contributed by atoms with Crippen LogP contribution >= 0.6 is 0 Å². The Morgan fingerprint density at radius 1 is 1.43 bits per heavy atom. The molecule has 9 nitrogen and oxygen atoms in total. The summed E-state index contributed by atoms with van der Waals surface area (Å²) in [7, 11) is 1.46. The van der Waals surface area contributed by atoms with E-state index in [-0.39, 0.29) is 6.61 Å². The summed E-state index contributed by atoms with van der Waals surface area (Å²) in [6.45, 7) is 9.41. The first-order chi connectivity index (χ1) is 14.3. The Kier molecular flexibility index (Phi) is 9.47. The maximum atomic E-state index is 12.1. The van der Waals surface area contributed by atoms with Crippen molar-refractivity contribution >= 4 is 6.09 Å². The van der Waals surface area contributed by atoms with Gasteiger partial charge in [0.25, 0.3) is 0 Å². The number of amides is 1. The van der Waals surface area contributed by atoms with E-state index in [1.54, 1.807) is 0 Å². The molecule has 1 aliphatic carbocycles. The highest BCUT2D eigenvalue weighted by Crippen LogP contribution is 2.30. The molecule has 30 heavy (non-hydrogen) atoms. The number of nitrogens with zero attached hydrogens (tertiary/aromatic N) is 1. The normalized spacial score (nSPS) is 31.7. The molecule has 0 aromatic rings. The van der Waals surface area contributed by atoms with Crippen LogP contribution in [0.3, 0.4) is 0 Å². The quantitative estimate of drug-likeness (QED) is 0.317. The van der Waals surface area contributed by atoms with Crippen LogP contribution < -0.4 is 5.32 Å². The van der Waals surface area contributed by atoms with Crippen LogP contribution in [-0.4, -0.2) is 83.9 Å². The average molecular weight is 427 g/mol. The second kappa shape index (κ2) is 11.6. The second-order valence-corrected chi connectivity index (χ2v) is 7.72. The fourth-order valence-electron chi connectivity index (χ4n) is 3.75. The summed E-state index contributed by atoms with van der Waals surface area (Å²) in [4.78, 5) is 17.6. The van der Waals surface area contributed by atoms with Gasteiger partial charge in [0.2, 0.25) is 0 Å². The average Bonchev–Trinajstić information content (AvgIpc) is 2.74. The Labute approximate surface area is 177 Å². The first-order valence-corrected chi connectivity index (χ1v) is 10.1. The van der Waals surface area contributed by atoms with Crippen LogP contribution in [0.15, 0.2) is 36.5 Å². The maximum absolute atomic E-state index is 12.1. The van der Waals surface area contributed by atoms with Gasteiger partial charge in [-0.05, 0) is 32.1 Å². The summed E-state index contributed by atoms with van der Waals surface area (Å²) in [5, 5.41) is 34.4. The van der Waals surface area contributed by atoms with Gasteiger partial charge >= 0.3 is 6.09 Å². The largest absolute Gasteiger partial charge is 0.445 e. The molecule has 170 valence electrons. The zero-order valence-electron chi connectivity index (χ0n) is 17.7. The van der Waals surface area contributed by atoms with E-state index in [1.165, 1.54) is 18.2 Å². The topological polar surface area (TPSA) is 121 Å². The van der Waals surface area contributed by atoms with Gasteiger partial charge in [-0.2, -0.15) is 5.06 Å². The minimum atomic E-state index is -1.40. The summed E-state index contributed by atoms with van der Waals surface area (Å²) in [6, 6.07) is -1.05. The monoisotopic (exact) mass is 426 g/mol. The SMILES string of the molecule is C=CCOC(=O)N[C@H]1C(N(CC2=CC[C@@H](C(=C)C)CC2)OC)O[C@H](CO)[C@@H](O)[C@@H]1O.